The van der Waals surface area contributed by atoms with Crippen molar-refractivity contribution in [3.05, 3.63) is 40.5 Å². The minimum Gasteiger partial charge on any atom is -0.504 e. The van der Waals surface area contributed by atoms with Crippen molar-refractivity contribution in [3.63, 3.8) is 0 Å². The third-order valence-corrected chi connectivity index (χ3v) is 5.27. The van der Waals surface area contributed by atoms with Crippen molar-refractivity contribution < 1.29 is 29.3 Å². The summed E-state index contributed by atoms with van der Waals surface area (Å²) in [5.74, 6) is 1.73. The standard InChI is InChI=1S/C20H21NO5/c1-24-17-9-13-12(18(23)20(17)26-3)6-7-21-10-14-11(8-15(13)21)4-5-16(22)19(14)25-2/h4-5,8-9,22-23H,6-7,10H2,1-3H3/p+1. The summed E-state index contributed by atoms with van der Waals surface area (Å²) >= 11 is 0. The van der Waals surface area contributed by atoms with Crippen LogP contribution >= 0.6 is 0 Å². The van der Waals surface area contributed by atoms with E-state index in [9.17, 15) is 10.2 Å². The Kier molecular flexibility index (Phi) is 3.92. The number of hydrogen-bond donors (Lipinski definition) is 3. The van der Waals surface area contributed by atoms with E-state index in [-0.39, 0.29) is 11.5 Å². The molecule has 2 aromatic carbocycles. The second-order valence-corrected chi connectivity index (χ2v) is 6.51. The summed E-state index contributed by atoms with van der Waals surface area (Å²) in [5.41, 5.74) is 4.97. The molecule has 4 rings (SSSR count). The molecule has 0 aliphatic carbocycles. The molecule has 0 saturated heterocycles. The number of phenolic OH excluding ortho intramolecular Hbond substituents is 2. The minimum absolute atomic E-state index is 0.149. The predicted octanol–water partition coefficient (Wildman–Crippen LogP) is 1.58. The third-order valence-electron chi connectivity index (χ3n) is 5.27. The zero-order chi connectivity index (χ0) is 18.4. The van der Waals surface area contributed by atoms with Gasteiger partial charge in [0.05, 0.1) is 33.4 Å². The van der Waals surface area contributed by atoms with Crippen molar-refractivity contribution >= 4 is 11.8 Å². The van der Waals surface area contributed by atoms with Crippen LogP contribution in [0.2, 0.25) is 0 Å². The monoisotopic (exact) mass is 356 g/mol. The van der Waals surface area contributed by atoms with Crippen molar-refractivity contribution in [3.8, 4) is 28.7 Å². The maximum atomic E-state index is 10.7. The van der Waals surface area contributed by atoms with Gasteiger partial charge in [-0.2, -0.15) is 0 Å². The van der Waals surface area contributed by atoms with Gasteiger partial charge in [0.25, 0.3) is 0 Å². The van der Waals surface area contributed by atoms with Gasteiger partial charge < -0.3 is 24.4 Å². The van der Waals surface area contributed by atoms with E-state index < -0.39 is 0 Å². The Balaban J connectivity index is 1.92. The van der Waals surface area contributed by atoms with E-state index in [0.717, 1.165) is 40.9 Å². The fraction of sp³-hybridized carbons (Fsp3) is 0.300. The average Bonchev–Trinajstić information content (AvgIpc) is 2.66. The van der Waals surface area contributed by atoms with Gasteiger partial charge in [-0.1, -0.05) is 6.07 Å². The number of hydrogen-bond acceptors (Lipinski definition) is 5. The van der Waals surface area contributed by atoms with E-state index >= 15 is 0 Å². The van der Waals surface area contributed by atoms with E-state index in [4.69, 9.17) is 14.2 Å². The molecule has 6 nitrogen and oxygen atoms in total. The van der Waals surface area contributed by atoms with Crippen LogP contribution in [0.15, 0.2) is 18.2 Å². The van der Waals surface area contributed by atoms with Crippen LogP contribution in [0.1, 0.15) is 22.3 Å². The molecule has 0 radical (unpaired) electrons. The molecule has 1 unspecified atom stereocenters. The molecule has 3 N–H and O–H groups in total. The Morgan fingerprint density at radius 3 is 2.42 bits per heavy atom. The number of phenols is 2. The normalized spacial score (nSPS) is 17.5. The Bertz CT molecular complexity index is 919. The first-order valence-corrected chi connectivity index (χ1v) is 8.51. The number of ether oxygens (including phenoxy) is 3. The molecule has 0 bridgehead atoms. The number of aromatic hydroxyl groups is 2. The number of rotatable bonds is 3. The lowest BCUT2D eigenvalue weighted by atomic mass is 9.89. The molecule has 6 heteroatoms. The molecule has 0 amide bonds. The smallest absolute Gasteiger partial charge is 0.203 e. The molecule has 2 aliphatic heterocycles. The molecule has 0 aromatic heterocycles. The molecule has 0 fully saturated rings. The van der Waals surface area contributed by atoms with Gasteiger partial charge in [-0.3, -0.25) is 4.90 Å². The van der Waals surface area contributed by atoms with Crippen LogP contribution in [0.5, 0.6) is 28.7 Å². The van der Waals surface area contributed by atoms with Crippen molar-refractivity contribution in [1.29, 1.82) is 0 Å². The summed E-state index contributed by atoms with van der Waals surface area (Å²) in [6.07, 6.45) is 2.82. The molecule has 0 spiro atoms. The average molecular weight is 356 g/mol. The summed E-state index contributed by atoms with van der Waals surface area (Å²) in [4.78, 5) is 1.26. The minimum atomic E-state index is 0.149. The van der Waals surface area contributed by atoms with Gasteiger partial charge in [0.2, 0.25) is 5.75 Å². The number of quaternary nitrogens is 1. The van der Waals surface area contributed by atoms with E-state index in [1.165, 1.54) is 12.0 Å². The van der Waals surface area contributed by atoms with Gasteiger partial charge in [-0.25, -0.2) is 0 Å². The molecular formula is C20H22NO5+. The number of nitrogens with one attached hydrogen (secondary N) is 1. The summed E-state index contributed by atoms with van der Waals surface area (Å²) < 4.78 is 16.1. The maximum absolute atomic E-state index is 10.7. The van der Waals surface area contributed by atoms with Gasteiger partial charge in [0, 0.05) is 23.6 Å². The summed E-state index contributed by atoms with van der Waals surface area (Å²) in [5, 5.41) is 20.7. The molecule has 1 atom stereocenters. The molecule has 2 aliphatic rings. The van der Waals surface area contributed by atoms with Crippen molar-refractivity contribution in [1.82, 2.24) is 0 Å². The number of benzene rings is 2. The summed E-state index contributed by atoms with van der Waals surface area (Å²) in [6.45, 7) is 1.55. The highest BCUT2D eigenvalue weighted by atomic mass is 16.5. The first kappa shape index (κ1) is 16.6. The van der Waals surface area contributed by atoms with Gasteiger partial charge in [0.15, 0.2) is 23.0 Å². The van der Waals surface area contributed by atoms with Crippen molar-refractivity contribution in [2.24, 2.45) is 0 Å². The lowest BCUT2D eigenvalue weighted by Crippen LogP contribution is -3.09. The molecule has 2 heterocycles. The van der Waals surface area contributed by atoms with Crippen molar-refractivity contribution in [2.75, 3.05) is 27.9 Å². The van der Waals surface area contributed by atoms with Crippen molar-refractivity contribution in [2.45, 2.75) is 13.0 Å². The van der Waals surface area contributed by atoms with Crippen LogP contribution in [0, 0.1) is 0 Å². The SMILES string of the molecule is COc1cc2c(c(O)c1OC)CC[NH+]1Cc3c(ccc(O)c3OC)C=C21. The Hall–Kier alpha value is -2.86. The largest absolute Gasteiger partial charge is 0.504 e. The topological polar surface area (TPSA) is 72.6 Å². The lowest BCUT2D eigenvalue weighted by molar-refractivity contribution is -0.841. The Morgan fingerprint density at radius 1 is 0.962 bits per heavy atom. The van der Waals surface area contributed by atoms with Gasteiger partial charge in [-0.15, -0.1) is 0 Å². The number of fused-ring (bicyclic) bond motifs is 4. The second kappa shape index (κ2) is 6.14. The summed E-state index contributed by atoms with van der Waals surface area (Å²) in [7, 11) is 4.67. The van der Waals surface area contributed by atoms with E-state index in [1.54, 1.807) is 20.3 Å². The fourth-order valence-electron chi connectivity index (χ4n) is 4.02. The van der Waals surface area contributed by atoms with E-state index in [0.29, 0.717) is 23.8 Å². The van der Waals surface area contributed by atoms with Crippen LogP contribution in [0.25, 0.3) is 11.8 Å². The fourth-order valence-corrected chi connectivity index (χ4v) is 4.02. The van der Waals surface area contributed by atoms with Crippen LogP contribution in [-0.4, -0.2) is 38.1 Å². The van der Waals surface area contributed by atoms with E-state index in [1.807, 2.05) is 12.1 Å². The van der Waals surface area contributed by atoms with Gasteiger partial charge in [0.1, 0.15) is 12.2 Å². The summed E-state index contributed by atoms with van der Waals surface area (Å²) in [6, 6.07) is 5.48. The molecule has 26 heavy (non-hydrogen) atoms. The lowest BCUT2D eigenvalue weighted by Gasteiger charge is -2.33. The molecule has 0 saturated carbocycles. The van der Waals surface area contributed by atoms with E-state index in [2.05, 4.69) is 6.08 Å². The maximum Gasteiger partial charge on any atom is 0.203 e. The quantitative estimate of drug-likeness (QED) is 0.779. The first-order valence-electron chi connectivity index (χ1n) is 8.51. The van der Waals surface area contributed by atoms with Crippen LogP contribution < -0.4 is 19.1 Å². The molecular weight excluding hydrogens is 334 g/mol. The highest BCUT2D eigenvalue weighted by molar-refractivity contribution is 5.84. The molecule has 136 valence electrons. The van der Waals surface area contributed by atoms with Gasteiger partial charge in [-0.05, 0) is 17.7 Å². The molecule has 2 aromatic rings. The van der Waals surface area contributed by atoms with Crippen LogP contribution in [0.4, 0.5) is 0 Å². The zero-order valence-electron chi connectivity index (χ0n) is 15.0. The Labute approximate surface area is 151 Å². The third kappa shape index (κ3) is 2.29. The zero-order valence-corrected chi connectivity index (χ0v) is 15.0. The highest BCUT2D eigenvalue weighted by Gasteiger charge is 2.35. The first-order chi connectivity index (χ1) is 12.6. The van der Waals surface area contributed by atoms with Crippen LogP contribution in [-0.2, 0) is 13.0 Å². The van der Waals surface area contributed by atoms with Crippen LogP contribution in [0.3, 0.4) is 0 Å². The Morgan fingerprint density at radius 2 is 1.73 bits per heavy atom. The second-order valence-electron chi connectivity index (χ2n) is 6.51. The highest BCUT2D eigenvalue weighted by Crippen LogP contribution is 2.44. The number of methoxy groups -OCH3 is 3. The van der Waals surface area contributed by atoms with Gasteiger partial charge >= 0.3 is 0 Å². The predicted molar refractivity (Wildman–Crippen MR) is 97.0 cm³/mol.